The number of carbonyl (C=O) groups excluding carboxylic acids is 1. The second kappa shape index (κ2) is 6.79. The monoisotopic (exact) mass is 288 g/mol. The Morgan fingerprint density at radius 3 is 2.00 bits per heavy atom. The van der Waals surface area contributed by atoms with E-state index >= 15 is 0 Å². The van der Waals surface area contributed by atoms with Crippen LogP contribution in [0.15, 0.2) is 54.6 Å². The molecule has 0 fully saturated rings. The van der Waals surface area contributed by atoms with Crippen molar-refractivity contribution in [2.75, 3.05) is 6.61 Å². The number of carbonyl (C=O) groups is 1. The normalized spacial score (nSPS) is 10.0. The van der Waals surface area contributed by atoms with Crippen LogP contribution in [0.3, 0.4) is 0 Å². The van der Waals surface area contributed by atoms with Crippen LogP contribution in [-0.4, -0.2) is 12.6 Å². The molecule has 0 heterocycles. The first-order chi connectivity index (χ1) is 10.1. The van der Waals surface area contributed by atoms with Crippen molar-refractivity contribution >= 4 is 11.5 Å². The average Bonchev–Trinajstić information content (AvgIpc) is 2.45. The summed E-state index contributed by atoms with van der Waals surface area (Å²) in [5.41, 5.74) is 1.37. The van der Waals surface area contributed by atoms with Crippen molar-refractivity contribution in [3.05, 3.63) is 77.4 Å². The van der Waals surface area contributed by atoms with Crippen LogP contribution >= 0.6 is 0 Å². The van der Waals surface area contributed by atoms with Crippen LogP contribution in [0, 0.1) is 11.6 Å². The molecule has 0 bridgehead atoms. The minimum Gasteiger partial charge on any atom is -0.463 e. The van der Waals surface area contributed by atoms with Gasteiger partial charge in [-0.1, -0.05) is 24.3 Å². The first-order valence-corrected chi connectivity index (χ1v) is 6.50. The largest absolute Gasteiger partial charge is 0.463 e. The topological polar surface area (TPSA) is 26.3 Å². The summed E-state index contributed by atoms with van der Waals surface area (Å²) in [6.45, 7) is 1.92. The third-order valence-corrected chi connectivity index (χ3v) is 2.82. The molecule has 0 atom stereocenters. The highest BCUT2D eigenvalue weighted by Gasteiger charge is 2.10. The Bertz CT molecular complexity index is 630. The van der Waals surface area contributed by atoms with Gasteiger partial charge in [0.1, 0.15) is 11.6 Å². The maximum atomic E-state index is 13.4. The van der Waals surface area contributed by atoms with Gasteiger partial charge in [0, 0.05) is 6.08 Å². The summed E-state index contributed by atoms with van der Waals surface area (Å²) in [5, 5.41) is 0. The zero-order valence-corrected chi connectivity index (χ0v) is 11.5. The molecule has 0 amide bonds. The lowest BCUT2D eigenvalue weighted by molar-refractivity contribution is -0.137. The van der Waals surface area contributed by atoms with E-state index in [4.69, 9.17) is 4.74 Å². The molecule has 2 rings (SSSR count). The Morgan fingerprint density at radius 2 is 1.57 bits per heavy atom. The number of hydrogen-bond donors (Lipinski definition) is 0. The van der Waals surface area contributed by atoms with Crippen LogP contribution in [-0.2, 0) is 9.53 Å². The van der Waals surface area contributed by atoms with Gasteiger partial charge in [-0.05, 0) is 47.9 Å². The molecule has 0 saturated heterocycles. The van der Waals surface area contributed by atoms with Gasteiger partial charge in [0.2, 0.25) is 0 Å². The predicted octanol–water partition coefficient (Wildman–Crippen LogP) is 3.96. The quantitative estimate of drug-likeness (QED) is 0.629. The SMILES string of the molecule is CCOC(=O)C=C(c1cccc(F)c1)c1cccc(F)c1. The van der Waals surface area contributed by atoms with Crippen molar-refractivity contribution in [1.82, 2.24) is 0 Å². The Balaban J connectivity index is 2.52. The first-order valence-electron chi connectivity index (χ1n) is 6.50. The van der Waals surface area contributed by atoms with Gasteiger partial charge in [-0.3, -0.25) is 0 Å². The third kappa shape index (κ3) is 3.99. The van der Waals surface area contributed by atoms with Crippen LogP contribution in [0.2, 0.25) is 0 Å². The van der Waals surface area contributed by atoms with Gasteiger partial charge < -0.3 is 4.74 Å². The molecule has 0 N–H and O–H groups in total. The number of halogens is 2. The molecule has 0 aromatic heterocycles. The molecule has 0 radical (unpaired) electrons. The molecule has 2 aromatic carbocycles. The molecular weight excluding hydrogens is 274 g/mol. The van der Waals surface area contributed by atoms with Gasteiger partial charge in [0.15, 0.2) is 0 Å². The maximum absolute atomic E-state index is 13.4. The number of ether oxygens (including phenoxy) is 1. The molecule has 0 spiro atoms. The second-order valence-electron chi connectivity index (χ2n) is 4.33. The Kier molecular flexibility index (Phi) is 4.82. The summed E-state index contributed by atoms with van der Waals surface area (Å²) < 4.78 is 31.7. The summed E-state index contributed by atoms with van der Waals surface area (Å²) in [7, 11) is 0. The molecule has 0 aliphatic carbocycles. The maximum Gasteiger partial charge on any atom is 0.331 e. The van der Waals surface area contributed by atoms with E-state index in [1.54, 1.807) is 19.1 Å². The summed E-state index contributed by atoms with van der Waals surface area (Å²) in [5.74, 6) is -1.42. The van der Waals surface area contributed by atoms with Gasteiger partial charge in [0.25, 0.3) is 0 Å². The molecular formula is C17H14F2O2. The fourth-order valence-electron chi connectivity index (χ4n) is 1.95. The molecule has 0 saturated carbocycles. The molecule has 0 aliphatic rings. The third-order valence-electron chi connectivity index (χ3n) is 2.82. The number of benzene rings is 2. The van der Waals surface area contributed by atoms with Crippen LogP contribution in [0.1, 0.15) is 18.1 Å². The van der Waals surface area contributed by atoms with E-state index in [1.165, 1.54) is 42.5 Å². The van der Waals surface area contributed by atoms with Crippen molar-refractivity contribution in [3.8, 4) is 0 Å². The molecule has 4 heteroatoms. The zero-order valence-electron chi connectivity index (χ0n) is 11.5. The lowest BCUT2D eigenvalue weighted by Gasteiger charge is -2.09. The summed E-state index contributed by atoms with van der Waals surface area (Å²) in [6, 6.07) is 11.5. The first kappa shape index (κ1) is 14.9. The Morgan fingerprint density at radius 1 is 1.05 bits per heavy atom. The molecule has 108 valence electrons. The average molecular weight is 288 g/mol. The van der Waals surface area contributed by atoms with Gasteiger partial charge in [-0.15, -0.1) is 0 Å². The summed E-state index contributed by atoms with van der Waals surface area (Å²) in [6.07, 6.45) is 1.24. The van der Waals surface area contributed by atoms with E-state index in [0.717, 1.165) is 0 Å². The second-order valence-corrected chi connectivity index (χ2v) is 4.33. The van der Waals surface area contributed by atoms with E-state index < -0.39 is 17.6 Å². The predicted molar refractivity (Wildman–Crippen MR) is 76.5 cm³/mol. The highest BCUT2D eigenvalue weighted by atomic mass is 19.1. The highest BCUT2D eigenvalue weighted by molar-refractivity contribution is 5.96. The minimum absolute atomic E-state index is 0.231. The molecule has 21 heavy (non-hydrogen) atoms. The number of rotatable bonds is 4. The molecule has 2 nitrogen and oxygen atoms in total. The van der Waals surface area contributed by atoms with Gasteiger partial charge >= 0.3 is 5.97 Å². The minimum atomic E-state index is -0.555. The van der Waals surface area contributed by atoms with Gasteiger partial charge in [-0.2, -0.15) is 0 Å². The standard InChI is InChI=1S/C17H14F2O2/c1-2-21-17(20)11-16(12-5-3-7-14(18)9-12)13-6-4-8-15(19)10-13/h3-11H,2H2,1H3. The van der Waals surface area contributed by atoms with Crippen LogP contribution in [0.5, 0.6) is 0 Å². The lowest BCUT2D eigenvalue weighted by atomic mass is 9.97. The molecule has 0 unspecified atom stereocenters. The van der Waals surface area contributed by atoms with Crippen LogP contribution < -0.4 is 0 Å². The summed E-state index contributed by atoms with van der Waals surface area (Å²) >= 11 is 0. The fraction of sp³-hybridized carbons (Fsp3) is 0.118. The molecule has 0 aliphatic heterocycles. The van der Waals surface area contributed by atoms with Crippen molar-refractivity contribution in [2.45, 2.75) is 6.92 Å². The van der Waals surface area contributed by atoms with Crippen molar-refractivity contribution in [3.63, 3.8) is 0 Å². The Labute approximate surface area is 121 Å². The van der Waals surface area contributed by atoms with Crippen molar-refractivity contribution in [1.29, 1.82) is 0 Å². The van der Waals surface area contributed by atoms with Gasteiger partial charge in [-0.25, -0.2) is 13.6 Å². The smallest absolute Gasteiger partial charge is 0.331 e. The van der Waals surface area contributed by atoms with Gasteiger partial charge in [0.05, 0.1) is 6.61 Å². The zero-order chi connectivity index (χ0) is 15.2. The highest BCUT2D eigenvalue weighted by Crippen LogP contribution is 2.24. The van der Waals surface area contributed by atoms with E-state index in [0.29, 0.717) is 16.7 Å². The summed E-state index contributed by atoms with van der Waals surface area (Å²) in [4.78, 5) is 11.7. The lowest BCUT2D eigenvalue weighted by Crippen LogP contribution is -2.02. The van der Waals surface area contributed by atoms with Crippen molar-refractivity contribution < 1.29 is 18.3 Å². The van der Waals surface area contributed by atoms with E-state index in [2.05, 4.69) is 0 Å². The van der Waals surface area contributed by atoms with Crippen LogP contribution in [0.4, 0.5) is 8.78 Å². The number of esters is 1. The number of hydrogen-bond acceptors (Lipinski definition) is 2. The fourth-order valence-corrected chi connectivity index (χ4v) is 1.95. The van der Waals surface area contributed by atoms with Crippen LogP contribution in [0.25, 0.3) is 5.57 Å². The Hall–Kier alpha value is -2.49. The van der Waals surface area contributed by atoms with E-state index in [9.17, 15) is 13.6 Å². The van der Waals surface area contributed by atoms with Crippen molar-refractivity contribution in [2.24, 2.45) is 0 Å². The molecule has 2 aromatic rings. The van der Waals surface area contributed by atoms with E-state index in [1.807, 2.05) is 0 Å². The van der Waals surface area contributed by atoms with E-state index in [-0.39, 0.29) is 6.61 Å².